The maximum Gasteiger partial charge on any atom is 0.328 e. The summed E-state index contributed by atoms with van der Waals surface area (Å²) in [4.78, 5) is 25.8. The van der Waals surface area contributed by atoms with Gasteiger partial charge in [0.1, 0.15) is 0 Å². The van der Waals surface area contributed by atoms with Crippen LogP contribution < -0.4 is 10.6 Å². The number of amides is 2. The highest BCUT2D eigenvalue weighted by molar-refractivity contribution is 5.82. The average molecular weight is 270 g/mol. The standard InChI is InChI=1S/C11H18N4O4/c16-7-9(10(17)18)14-11(19)13-3-1-2-5-15-6-4-12-8-15/h4,6,8-9,16H,1-3,5,7H2,(H,17,18)(H2,13,14,19). The molecule has 1 aromatic heterocycles. The first-order valence-electron chi connectivity index (χ1n) is 5.97. The van der Waals surface area contributed by atoms with Crippen LogP contribution in [0, 0.1) is 0 Å². The molecule has 8 nitrogen and oxygen atoms in total. The monoisotopic (exact) mass is 270 g/mol. The van der Waals surface area contributed by atoms with Crippen LogP contribution in [0.1, 0.15) is 12.8 Å². The van der Waals surface area contributed by atoms with Crippen molar-refractivity contribution in [1.29, 1.82) is 0 Å². The van der Waals surface area contributed by atoms with Gasteiger partial charge in [0.2, 0.25) is 0 Å². The lowest BCUT2D eigenvalue weighted by Gasteiger charge is -2.12. The molecule has 0 aromatic carbocycles. The fourth-order valence-corrected chi connectivity index (χ4v) is 1.44. The van der Waals surface area contributed by atoms with Gasteiger partial charge in [0.15, 0.2) is 6.04 Å². The average Bonchev–Trinajstić information content (AvgIpc) is 2.88. The van der Waals surface area contributed by atoms with E-state index in [4.69, 9.17) is 10.2 Å². The molecule has 106 valence electrons. The third-order valence-corrected chi connectivity index (χ3v) is 2.47. The van der Waals surface area contributed by atoms with E-state index in [-0.39, 0.29) is 0 Å². The lowest BCUT2D eigenvalue weighted by Crippen LogP contribution is -2.48. The lowest BCUT2D eigenvalue weighted by atomic mass is 10.3. The quantitative estimate of drug-likeness (QED) is 0.471. The van der Waals surface area contributed by atoms with E-state index in [2.05, 4.69) is 15.6 Å². The number of aromatic nitrogens is 2. The number of aliphatic hydroxyl groups excluding tert-OH is 1. The number of nitrogens with one attached hydrogen (secondary N) is 2. The Balaban J connectivity index is 2.08. The summed E-state index contributed by atoms with van der Waals surface area (Å²) in [5, 5.41) is 22.0. The van der Waals surface area contributed by atoms with E-state index in [1.54, 1.807) is 12.5 Å². The number of rotatable bonds is 8. The second-order valence-corrected chi connectivity index (χ2v) is 3.98. The van der Waals surface area contributed by atoms with Gasteiger partial charge in [-0.1, -0.05) is 0 Å². The Morgan fingerprint density at radius 3 is 2.74 bits per heavy atom. The van der Waals surface area contributed by atoms with E-state index < -0.39 is 24.6 Å². The van der Waals surface area contributed by atoms with Crippen LogP contribution in [0.3, 0.4) is 0 Å². The molecule has 0 aliphatic carbocycles. The van der Waals surface area contributed by atoms with Crippen molar-refractivity contribution in [1.82, 2.24) is 20.2 Å². The number of imidazole rings is 1. The number of carbonyl (C=O) groups excluding carboxylic acids is 1. The molecule has 0 spiro atoms. The fourth-order valence-electron chi connectivity index (χ4n) is 1.44. The normalized spacial score (nSPS) is 11.8. The predicted octanol–water partition coefficient (Wildman–Crippen LogP) is -0.592. The molecular weight excluding hydrogens is 252 g/mol. The summed E-state index contributed by atoms with van der Waals surface area (Å²) in [6, 6.07) is -1.87. The van der Waals surface area contributed by atoms with Gasteiger partial charge in [-0.05, 0) is 12.8 Å². The molecule has 0 saturated carbocycles. The summed E-state index contributed by atoms with van der Waals surface area (Å²) < 4.78 is 1.94. The zero-order valence-electron chi connectivity index (χ0n) is 10.5. The van der Waals surface area contributed by atoms with Crippen LogP contribution in [-0.4, -0.2) is 51.0 Å². The van der Waals surface area contributed by atoms with Crippen LogP contribution in [0.4, 0.5) is 4.79 Å². The molecule has 1 aromatic rings. The first kappa shape index (κ1) is 15.0. The Labute approximate surface area is 110 Å². The number of unbranched alkanes of at least 4 members (excludes halogenated alkanes) is 1. The maximum absolute atomic E-state index is 11.3. The number of aliphatic hydroxyl groups is 1. The van der Waals surface area contributed by atoms with Gasteiger partial charge in [-0.2, -0.15) is 0 Å². The van der Waals surface area contributed by atoms with Crippen LogP contribution in [0.25, 0.3) is 0 Å². The molecule has 0 radical (unpaired) electrons. The van der Waals surface area contributed by atoms with Crippen molar-refractivity contribution in [3.8, 4) is 0 Å². The van der Waals surface area contributed by atoms with Gasteiger partial charge in [0.05, 0.1) is 12.9 Å². The summed E-state index contributed by atoms with van der Waals surface area (Å²) >= 11 is 0. The Morgan fingerprint density at radius 2 is 2.16 bits per heavy atom. The zero-order valence-corrected chi connectivity index (χ0v) is 10.5. The Bertz CT molecular complexity index is 393. The minimum absolute atomic E-state index is 0.443. The molecule has 8 heteroatoms. The Kier molecular flexibility index (Phi) is 6.37. The number of aliphatic carboxylic acids is 1. The molecule has 0 aliphatic heterocycles. The van der Waals surface area contributed by atoms with Crippen molar-refractivity contribution in [3.05, 3.63) is 18.7 Å². The molecule has 0 aliphatic rings. The number of hydrogen-bond donors (Lipinski definition) is 4. The predicted molar refractivity (Wildman–Crippen MR) is 66.5 cm³/mol. The van der Waals surface area contributed by atoms with Gasteiger partial charge in [0, 0.05) is 25.5 Å². The number of hydrogen-bond acceptors (Lipinski definition) is 4. The van der Waals surface area contributed by atoms with Gasteiger partial charge >= 0.3 is 12.0 Å². The van der Waals surface area contributed by atoms with Crippen LogP contribution in [0.2, 0.25) is 0 Å². The van der Waals surface area contributed by atoms with E-state index >= 15 is 0 Å². The Hall–Kier alpha value is -2.09. The summed E-state index contributed by atoms with van der Waals surface area (Å²) in [6.45, 7) is 0.624. The SMILES string of the molecule is O=C(NCCCCn1ccnc1)NC(CO)C(=O)O. The van der Waals surface area contributed by atoms with Crippen LogP contribution in [0.5, 0.6) is 0 Å². The number of urea groups is 1. The van der Waals surface area contributed by atoms with E-state index in [0.29, 0.717) is 6.54 Å². The zero-order chi connectivity index (χ0) is 14.1. The number of carboxylic acids is 1. The minimum atomic E-state index is -1.27. The highest BCUT2D eigenvalue weighted by atomic mass is 16.4. The number of nitrogens with zero attached hydrogens (tertiary/aromatic N) is 2. The molecule has 4 N–H and O–H groups in total. The van der Waals surface area contributed by atoms with Crippen molar-refractivity contribution < 1.29 is 19.8 Å². The number of carbonyl (C=O) groups is 2. The first-order chi connectivity index (χ1) is 9.13. The molecule has 2 amide bonds. The third-order valence-electron chi connectivity index (χ3n) is 2.47. The topological polar surface area (TPSA) is 116 Å². The van der Waals surface area contributed by atoms with Crippen molar-refractivity contribution in [3.63, 3.8) is 0 Å². The number of carboxylic acid groups (broad SMARTS) is 1. The van der Waals surface area contributed by atoms with E-state index in [0.717, 1.165) is 19.4 Å². The second kappa shape index (κ2) is 8.09. The largest absolute Gasteiger partial charge is 0.480 e. The molecule has 1 heterocycles. The lowest BCUT2D eigenvalue weighted by molar-refractivity contribution is -0.140. The third kappa shape index (κ3) is 5.87. The van der Waals surface area contributed by atoms with Gasteiger partial charge in [-0.3, -0.25) is 0 Å². The molecule has 0 saturated heterocycles. The fraction of sp³-hybridized carbons (Fsp3) is 0.545. The van der Waals surface area contributed by atoms with E-state index in [9.17, 15) is 9.59 Å². The molecule has 0 fully saturated rings. The second-order valence-electron chi connectivity index (χ2n) is 3.98. The molecular formula is C11H18N4O4. The van der Waals surface area contributed by atoms with Crippen molar-refractivity contribution >= 4 is 12.0 Å². The molecule has 1 atom stereocenters. The number of aryl methyl sites for hydroxylation is 1. The highest BCUT2D eigenvalue weighted by Crippen LogP contribution is 1.94. The first-order valence-corrected chi connectivity index (χ1v) is 5.97. The summed E-state index contributed by atoms with van der Waals surface area (Å²) in [7, 11) is 0. The van der Waals surface area contributed by atoms with Crippen molar-refractivity contribution in [2.24, 2.45) is 0 Å². The summed E-state index contributed by atoms with van der Waals surface area (Å²) in [6.07, 6.45) is 6.92. The Morgan fingerprint density at radius 1 is 1.37 bits per heavy atom. The molecule has 19 heavy (non-hydrogen) atoms. The maximum atomic E-state index is 11.3. The van der Waals surface area contributed by atoms with Gasteiger partial charge in [0.25, 0.3) is 0 Å². The molecule has 0 bridgehead atoms. The summed E-state index contributed by atoms with van der Waals surface area (Å²) in [5.74, 6) is -1.27. The smallest absolute Gasteiger partial charge is 0.328 e. The van der Waals surface area contributed by atoms with Crippen LogP contribution in [-0.2, 0) is 11.3 Å². The van der Waals surface area contributed by atoms with Crippen molar-refractivity contribution in [2.45, 2.75) is 25.4 Å². The van der Waals surface area contributed by atoms with Gasteiger partial charge in [-0.25, -0.2) is 14.6 Å². The van der Waals surface area contributed by atoms with E-state index in [1.807, 2.05) is 10.8 Å². The minimum Gasteiger partial charge on any atom is -0.480 e. The molecule has 1 rings (SSSR count). The van der Waals surface area contributed by atoms with E-state index in [1.165, 1.54) is 0 Å². The van der Waals surface area contributed by atoms with Gasteiger partial charge < -0.3 is 25.4 Å². The molecule has 1 unspecified atom stereocenters. The van der Waals surface area contributed by atoms with Crippen LogP contribution >= 0.6 is 0 Å². The van der Waals surface area contributed by atoms with Crippen LogP contribution in [0.15, 0.2) is 18.7 Å². The van der Waals surface area contributed by atoms with Crippen molar-refractivity contribution in [2.75, 3.05) is 13.2 Å². The summed E-state index contributed by atoms with van der Waals surface area (Å²) in [5.41, 5.74) is 0. The highest BCUT2D eigenvalue weighted by Gasteiger charge is 2.17. The van der Waals surface area contributed by atoms with Gasteiger partial charge in [-0.15, -0.1) is 0 Å².